The average Bonchev–Trinajstić information content (AvgIpc) is 2.67. The lowest BCUT2D eigenvalue weighted by Crippen LogP contribution is -2.30. The molecule has 1 rings (SSSR count). The molecule has 1 aromatic rings. The summed E-state index contributed by atoms with van der Waals surface area (Å²) in [6, 6.07) is 0. The van der Waals surface area contributed by atoms with E-state index in [4.69, 9.17) is 0 Å². The third-order valence-electron chi connectivity index (χ3n) is 2.66. The van der Waals surface area contributed by atoms with E-state index >= 15 is 0 Å². The molecule has 0 aromatic carbocycles. The van der Waals surface area contributed by atoms with Gasteiger partial charge in [0.1, 0.15) is 4.90 Å². The second-order valence-corrected chi connectivity index (χ2v) is 6.60. The Morgan fingerprint density at radius 2 is 2.16 bits per heavy atom. The average molecular weight is 286 g/mol. The molecule has 0 aliphatic heterocycles. The maximum absolute atomic E-state index is 12.5. The lowest BCUT2D eigenvalue weighted by Gasteiger charge is -2.17. The van der Waals surface area contributed by atoms with Gasteiger partial charge in [-0.2, -0.15) is 9.40 Å². The predicted molar refractivity (Wildman–Crippen MR) is 75.3 cm³/mol. The van der Waals surface area contributed by atoms with Gasteiger partial charge < -0.3 is 5.32 Å². The van der Waals surface area contributed by atoms with Crippen molar-refractivity contribution in [3.63, 3.8) is 0 Å². The number of hydrogen-bond acceptors (Lipinski definition) is 4. The predicted octanol–water partition coefficient (Wildman–Crippen LogP) is 1.02. The van der Waals surface area contributed by atoms with Gasteiger partial charge in [-0.05, 0) is 20.4 Å². The smallest absolute Gasteiger partial charge is 0.246 e. The van der Waals surface area contributed by atoms with Crippen LogP contribution in [0, 0.1) is 6.92 Å². The molecule has 0 bridgehead atoms. The minimum Gasteiger partial charge on any atom is -0.311 e. The second-order valence-electron chi connectivity index (χ2n) is 4.62. The number of H-pyrrole nitrogens is 1. The molecule has 0 saturated carbocycles. The summed E-state index contributed by atoms with van der Waals surface area (Å²) >= 11 is 0. The van der Waals surface area contributed by atoms with E-state index in [0.29, 0.717) is 24.5 Å². The van der Waals surface area contributed by atoms with Crippen LogP contribution in [0.25, 0.3) is 0 Å². The van der Waals surface area contributed by atoms with Crippen LogP contribution in [0.4, 0.5) is 0 Å². The highest BCUT2D eigenvalue weighted by atomic mass is 32.2. The van der Waals surface area contributed by atoms with Gasteiger partial charge in [-0.15, -0.1) is 0 Å². The lowest BCUT2D eigenvalue weighted by molar-refractivity contribution is 0.491. The van der Waals surface area contributed by atoms with Crippen molar-refractivity contribution in [1.82, 2.24) is 19.8 Å². The molecular weight excluding hydrogens is 264 g/mol. The Kier molecular flexibility index (Phi) is 5.28. The monoisotopic (exact) mass is 286 g/mol. The molecule has 0 atom stereocenters. The number of nitrogens with one attached hydrogen (secondary N) is 2. The first-order valence-corrected chi connectivity index (χ1v) is 7.60. The van der Waals surface area contributed by atoms with Crippen LogP contribution in [0.3, 0.4) is 0 Å². The SMILES string of the molecule is C=C(C)CN(C)S(=O)(=O)c1c(CNCC)n[nH]c1C. The zero-order valence-electron chi connectivity index (χ0n) is 11.9. The van der Waals surface area contributed by atoms with E-state index < -0.39 is 10.0 Å². The van der Waals surface area contributed by atoms with Crippen molar-refractivity contribution in [2.45, 2.75) is 32.2 Å². The minimum absolute atomic E-state index is 0.261. The molecule has 0 unspecified atom stereocenters. The van der Waals surface area contributed by atoms with Crippen LogP contribution in [-0.4, -0.2) is 43.1 Å². The maximum Gasteiger partial charge on any atom is 0.246 e. The van der Waals surface area contributed by atoms with Crippen LogP contribution >= 0.6 is 0 Å². The van der Waals surface area contributed by atoms with Gasteiger partial charge in [-0.1, -0.05) is 19.1 Å². The van der Waals surface area contributed by atoms with Crippen LogP contribution in [0.15, 0.2) is 17.0 Å². The standard InChI is InChI=1S/C12H22N4O2S/c1-6-13-7-11-12(10(4)14-15-11)19(17,18)16(5)8-9(2)3/h13H,2,6-8H2,1,3-5H3,(H,14,15). The Balaban J connectivity index is 3.13. The molecular formula is C12H22N4O2S. The van der Waals surface area contributed by atoms with Gasteiger partial charge in [0.15, 0.2) is 0 Å². The number of aromatic amines is 1. The zero-order valence-corrected chi connectivity index (χ0v) is 12.8. The Morgan fingerprint density at radius 1 is 1.53 bits per heavy atom. The first-order chi connectivity index (χ1) is 8.80. The zero-order chi connectivity index (χ0) is 14.6. The highest BCUT2D eigenvalue weighted by molar-refractivity contribution is 7.89. The fourth-order valence-electron chi connectivity index (χ4n) is 1.80. The molecule has 6 nitrogen and oxygen atoms in total. The molecule has 0 aliphatic carbocycles. The molecule has 2 N–H and O–H groups in total. The van der Waals surface area contributed by atoms with Gasteiger partial charge >= 0.3 is 0 Å². The first-order valence-electron chi connectivity index (χ1n) is 6.16. The molecule has 0 fully saturated rings. The number of likely N-dealkylation sites (N-methyl/N-ethyl adjacent to an activating group) is 1. The molecule has 19 heavy (non-hydrogen) atoms. The van der Waals surface area contributed by atoms with E-state index in [2.05, 4.69) is 22.1 Å². The van der Waals surface area contributed by atoms with E-state index in [9.17, 15) is 8.42 Å². The minimum atomic E-state index is -3.54. The highest BCUT2D eigenvalue weighted by Gasteiger charge is 2.28. The van der Waals surface area contributed by atoms with Crippen molar-refractivity contribution >= 4 is 10.0 Å². The number of aromatic nitrogens is 2. The van der Waals surface area contributed by atoms with Crippen LogP contribution in [-0.2, 0) is 16.6 Å². The van der Waals surface area contributed by atoms with E-state index in [0.717, 1.165) is 12.1 Å². The molecule has 108 valence electrons. The van der Waals surface area contributed by atoms with E-state index in [1.165, 1.54) is 4.31 Å². The largest absolute Gasteiger partial charge is 0.311 e. The summed E-state index contributed by atoms with van der Waals surface area (Å²) in [4.78, 5) is 0.261. The Morgan fingerprint density at radius 3 is 2.68 bits per heavy atom. The molecule has 0 saturated heterocycles. The topological polar surface area (TPSA) is 78.1 Å². The lowest BCUT2D eigenvalue weighted by atomic mass is 10.3. The molecule has 0 radical (unpaired) electrons. The summed E-state index contributed by atoms with van der Waals surface area (Å²) in [6.07, 6.45) is 0. The maximum atomic E-state index is 12.5. The van der Waals surface area contributed by atoms with Gasteiger partial charge in [0, 0.05) is 20.1 Å². The molecule has 1 heterocycles. The van der Waals surface area contributed by atoms with E-state index in [1.807, 2.05) is 6.92 Å². The van der Waals surface area contributed by atoms with Crippen LogP contribution in [0.2, 0.25) is 0 Å². The highest BCUT2D eigenvalue weighted by Crippen LogP contribution is 2.21. The number of rotatable bonds is 7. The number of nitrogens with zero attached hydrogens (tertiary/aromatic N) is 2. The Hall–Kier alpha value is -1.18. The van der Waals surface area contributed by atoms with Gasteiger partial charge in [0.2, 0.25) is 10.0 Å². The van der Waals surface area contributed by atoms with Crippen molar-refractivity contribution in [1.29, 1.82) is 0 Å². The molecule has 0 amide bonds. The van der Waals surface area contributed by atoms with Crippen LogP contribution in [0.5, 0.6) is 0 Å². The van der Waals surface area contributed by atoms with Crippen molar-refractivity contribution in [3.8, 4) is 0 Å². The molecule has 0 aliphatic rings. The van der Waals surface area contributed by atoms with Crippen molar-refractivity contribution in [3.05, 3.63) is 23.5 Å². The van der Waals surface area contributed by atoms with Gasteiger partial charge in [-0.3, -0.25) is 5.10 Å². The summed E-state index contributed by atoms with van der Waals surface area (Å²) in [5.41, 5.74) is 1.87. The summed E-state index contributed by atoms with van der Waals surface area (Å²) < 4.78 is 26.4. The normalized spacial score (nSPS) is 12.1. The van der Waals surface area contributed by atoms with Gasteiger partial charge in [0.25, 0.3) is 0 Å². The van der Waals surface area contributed by atoms with Crippen LogP contribution < -0.4 is 5.32 Å². The number of sulfonamides is 1. The third kappa shape index (κ3) is 3.65. The van der Waals surface area contributed by atoms with Crippen LogP contribution in [0.1, 0.15) is 25.2 Å². The quantitative estimate of drug-likeness (QED) is 0.734. The molecule has 1 aromatic heterocycles. The summed E-state index contributed by atoms with van der Waals surface area (Å²) in [5, 5.41) is 9.89. The van der Waals surface area contributed by atoms with Crippen molar-refractivity contribution in [2.75, 3.05) is 20.1 Å². The van der Waals surface area contributed by atoms with Crippen molar-refractivity contribution in [2.24, 2.45) is 0 Å². The van der Waals surface area contributed by atoms with Crippen molar-refractivity contribution < 1.29 is 8.42 Å². The third-order valence-corrected chi connectivity index (χ3v) is 4.67. The van der Waals surface area contributed by atoms with Gasteiger partial charge in [0.05, 0.1) is 11.4 Å². The molecule has 7 heteroatoms. The fraction of sp³-hybridized carbons (Fsp3) is 0.583. The fourth-order valence-corrected chi connectivity index (χ4v) is 3.35. The Labute approximate surface area is 114 Å². The molecule has 0 spiro atoms. The second kappa shape index (κ2) is 6.31. The van der Waals surface area contributed by atoms with E-state index in [-0.39, 0.29) is 4.90 Å². The first kappa shape index (κ1) is 15.9. The van der Waals surface area contributed by atoms with Gasteiger partial charge in [-0.25, -0.2) is 8.42 Å². The number of hydrogen-bond donors (Lipinski definition) is 2. The Bertz CT molecular complexity index is 548. The summed E-state index contributed by atoms with van der Waals surface area (Å²) in [5.74, 6) is 0. The summed E-state index contributed by atoms with van der Waals surface area (Å²) in [6.45, 7) is 10.7. The summed E-state index contributed by atoms with van der Waals surface area (Å²) in [7, 11) is -1.99. The number of aryl methyl sites for hydroxylation is 1. The van der Waals surface area contributed by atoms with E-state index in [1.54, 1.807) is 20.9 Å².